The molecule has 4 aromatic rings. The zero-order valence-corrected chi connectivity index (χ0v) is 19.0. The minimum absolute atomic E-state index is 0.0726. The second kappa shape index (κ2) is 10.3. The second-order valence-corrected chi connectivity index (χ2v) is 8.62. The largest absolute Gasteiger partial charge is 0.355 e. The summed E-state index contributed by atoms with van der Waals surface area (Å²) >= 11 is 0. The van der Waals surface area contributed by atoms with E-state index in [9.17, 15) is 4.79 Å². The van der Waals surface area contributed by atoms with Crippen LogP contribution in [0.25, 0.3) is 11.3 Å². The fourth-order valence-electron chi connectivity index (χ4n) is 4.46. The fourth-order valence-corrected chi connectivity index (χ4v) is 4.46. The summed E-state index contributed by atoms with van der Waals surface area (Å²) in [6, 6.07) is 20.4. The molecule has 1 fully saturated rings. The lowest BCUT2D eigenvalue weighted by atomic mass is 9.97. The smallest absolute Gasteiger partial charge is 0.225 e. The highest BCUT2D eigenvalue weighted by atomic mass is 16.1. The molecule has 7 heteroatoms. The van der Waals surface area contributed by atoms with Crippen molar-refractivity contribution < 1.29 is 4.79 Å². The number of hydrogen-bond acceptors (Lipinski definition) is 5. The van der Waals surface area contributed by atoms with Crippen molar-refractivity contribution in [3.63, 3.8) is 0 Å². The Bertz CT molecular complexity index is 1210. The molecule has 0 spiro atoms. The van der Waals surface area contributed by atoms with Crippen LogP contribution in [0.1, 0.15) is 24.0 Å². The van der Waals surface area contributed by atoms with Crippen LogP contribution in [0.2, 0.25) is 0 Å². The number of amides is 1. The quantitative estimate of drug-likeness (QED) is 0.460. The van der Waals surface area contributed by atoms with Crippen molar-refractivity contribution >= 4 is 11.7 Å². The molecule has 1 amide bonds. The van der Waals surface area contributed by atoms with Crippen molar-refractivity contribution in [3.05, 3.63) is 96.6 Å². The number of nitrogens with one attached hydrogen (secondary N) is 1. The summed E-state index contributed by atoms with van der Waals surface area (Å²) < 4.78 is 1.95. The van der Waals surface area contributed by atoms with E-state index in [2.05, 4.69) is 44.5 Å². The molecule has 1 atom stereocenters. The number of carbonyl (C=O) groups is 1. The maximum Gasteiger partial charge on any atom is 0.225 e. The van der Waals surface area contributed by atoms with Gasteiger partial charge in [0.05, 0.1) is 24.4 Å². The van der Waals surface area contributed by atoms with Gasteiger partial charge < -0.3 is 10.2 Å². The van der Waals surface area contributed by atoms with Gasteiger partial charge in [0.25, 0.3) is 0 Å². The van der Waals surface area contributed by atoms with Gasteiger partial charge in [-0.2, -0.15) is 5.10 Å². The maximum atomic E-state index is 13.1. The molecule has 0 unspecified atom stereocenters. The van der Waals surface area contributed by atoms with E-state index in [0.717, 1.165) is 42.0 Å². The van der Waals surface area contributed by atoms with Gasteiger partial charge in [-0.1, -0.05) is 60.7 Å². The van der Waals surface area contributed by atoms with Gasteiger partial charge >= 0.3 is 0 Å². The minimum atomic E-state index is -0.0738. The first-order chi connectivity index (χ1) is 16.8. The first-order valence-electron chi connectivity index (χ1n) is 11.7. The van der Waals surface area contributed by atoms with Crippen LogP contribution >= 0.6 is 0 Å². The lowest BCUT2D eigenvalue weighted by molar-refractivity contribution is -0.125. The van der Waals surface area contributed by atoms with Gasteiger partial charge in [-0.05, 0) is 18.4 Å². The lowest BCUT2D eigenvalue weighted by Gasteiger charge is -2.32. The Kier molecular flexibility index (Phi) is 6.61. The Morgan fingerprint density at radius 3 is 2.59 bits per heavy atom. The van der Waals surface area contributed by atoms with Gasteiger partial charge in [-0.25, -0.2) is 4.98 Å². The van der Waals surface area contributed by atoms with Crippen molar-refractivity contribution in [3.8, 4) is 11.3 Å². The molecule has 2 aromatic carbocycles. The third-order valence-electron chi connectivity index (χ3n) is 6.19. The molecule has 2 aromatic heterocycles. The number of hydrogen-bond donors (Lipinski definition) is 1. The van der Waals surface area contributed by atoms with Crippen molar-refractivity contribution in [2.75, 3.05) is 18.0 Å². The highest BCUT2D eigenvalue weighted by molar-refractivity contribution is 5.79. The van der Waals surface area contributed by atoms with Crippen LogP contribution in [0.5, 0.6) is 0 Å². The first-order valence-corrected chi connectivity index (χ1v) is 11.7. The van der Waals surface area contributed by atoms with E-state index in [1.807, 2.05) is 47.3 Å². The van der Waals surface area contributed by atoms with Crippen LogP contribution in [0.15, 0.2) is 85.5 Å². The monoisotopic (exact) mass is 452 g/mol. The van der Waals surface area contributed by atoms with E-state index in [-0.39, 0.29) is 11.8 Å². The molecule has 1 aliphatic heterocycles. The van der Waals surface area contributed by atoms with Crippen LogP contribution in [0, 0.1) is 5.92 Å². The predicted octanol–water partition coefficient (Wildman–Crippen LogP) is 3.92. The zero-order chi connectivity index (χ0) is 23.2. The minimum Gasteiger partial charge on any atom is -0.355 e. The maximum absolute atomic E-state index is 13.1. The van der Waals surface area contributed by atoms with Gasteiger partial charge in [-0.15, -0.1) is 0 Å². The van der Waals surface area contributed by atoms with Gasteiger partial charge in [-0.3, -0.25) is 14.5 Å². The molecule has 0 aliphatic carbocycles. The summed E-state index contributed by atoms with van der Waals surface area (Å²) in [5.74, 6) is 0.826. The Hall–Kier alpha value is -4.00. The van der Waals surface area contributed by atoms with Crippen molar-refractivity contribution in [1.82, 2.24) is 25.1 Å². The number of carbonyl (C=O) groups excluding carboxylic acids is 1. The Morgan fingerprint density at radius 1 is 1.03 bits per heavy atom. The van der Waals surface area contributed by atoms with Crippen LogP contribution < -0.4 is 10.2 Å². The fraction of sp³-hybridized carbons (Fsp3) is 0.259. The van der Waals surface area contributed by atoms with Crippen molar-refractivity contribution in [2.24, 2.45) is 5.92 Å². The van der Waals surface area contributed by atoms with Gasteiger partial charge in [0.1, 0.15) is 5.82 Å². The molecular weight excluding hydrogens is 424 g/mol. The predicted molar refractivity (Wildman–Crippen MR) is 132 cm³/mol. The first kappa shape index (κ1) is 21.8. The van der Waals surface area contributed by atoms with Crippen LogP contribution in [0.4, 0.5) is 5.82 Å². The number of piperidine rings is 1. The number of aromatic nitrogens is 4. The molecule has 0 bridgehead atoms. The molecule has 1 saturated heterocycles. The highest BCUT2D eigenvalue weighted by Crippen LogP contribution is 2.24. The van der Waals surface area contributed by atoms with Crippen LogP contribution in [-0.2, 0) is 17.9 Å². The molecule has 0 radical (unpaired) electrons. The lowest BCUT2D eigenvalue weighted by Crippen LogP contribution is -2.43. The average Bonchev–Trinajstić information content (AvgIpc) is 3.31. The molecular formula is C27H28N6O. The van der Waals surface area contributed by atoms with Gasteiger partial charge in [0, 0.05) is 49.4 Å². The molecule has 1 N–H and O–H groups in total. The molecule has 5 rings (SSSR count). The number of nitrogens with zero attached hydrogens (tertiary/aromatic N) is 5. The molecule has 7 nitrogen and oxygen atoms in total. The third kappa shape index (κ3) is 5.14. The number of anilines is 1. The highest BCUT2D eigenvalue weighted by Gasteiger charge is 2.27. The summed E-state index contributed by atoms with van der Waals surface area (Å²) in [5, 5.41) is 8.03. The second-order valence-electron chi connectivity index (χ2n) is 8.62. The topological polar surface area (TPSA) is 75.9 Å². The Balaban J connectivity index is 1.29. The Morgan fingerprint density at radius 2 is 1.82 bits per heavy atom. The summed E-state index contributed by atoms with van der Waals surface area (Å²) in [4.78, 5) is 23.8. The van der Waals surface area contributed by atoms with E-state index in [1.54, 1.807) is 18.6 Å². The normalized spacial score (nSPS) is 15.8. The molecule has 34 heavy (non-hydrogen) atoms. The summed E-state index contributed by atoms with van der Waals surface area (Å²) in [6.45, 7) is 2.68. The van der Waals surface area contributed by atoms with Crippen molar-refractivity contribution in [1.29, 1.82) is 0 Å². The number of rotatable bonds is 7. The van der Waals surface area contributed by atoms with E-state index in [4.69, 9.17) is 5.10 Å². The summed E-state index contributed by atoms with van der Waals surface area (Å²) in [7, 11) is 0. The summed E-state index contributed by atoms with van der Waals surface area (Å²) in [5.41, 5.74) is 4.15. The van der Waals surface area contributed by atoms with Crippen LogP contribution in [-0.4, -0.2) is 38.7 Å². The van der Waals surface area contributed by atoms with E-state index in [1.165, 1.54) is 5.56 Å². The van der Waals surface area contributed by atoms with Gasteiger partial charge in [0.15, 0.2) is 0 Å². The van der Waals surface area contributed by atoms with Crippen molar-refractivity contribution in [2.45, 2.75) is 25.9 Å². The molecule has 1 aliphatic rings. The average molecular weight is 453 g/mol. The number of benzene rings is 2. The Labute approximate surface area is 199 Å². The molecule has 172 valence electrons. The standard InChI is InChI=1S/C27H28N6O/c34-27(23-12-7-15-32(19-23)25-17-28-13-14-29-25)30-16-24-20-33(18-21-8-3-1-4-9-21)31-26(24)22-10-5-2-6-11-22/h1-6,8-11,13-14,17,20,23H,7,12,15-16,18-19H2,(H,30,34)/t23-/m0/s1. The van der Waals surface area contributed by atoms with Gasteiger partial charge in [0.2, 0.25) is 5.91 Å². The van der Waals surface area contributed by atoms with E-state index < -0.39 is 0 Å². The van der Waals surface area contributed by atoms with E-state index in [0.29, 0.717) is 19.6 Å². The SMILES string of the molecule is O=C(NCc1cn(Cc2ccccc2)nc1-c1ccccc1)[C@H]1CCCN(c2cnccn2)C1. The third-order valence-corrected chi connectivity index (χ3v) is 6.19. The summed E-state index contributed by atoms with van der Waals surface area (Å²) in [6.07, 6.45) is 8.99. The van der Waals surface area contributed by atoms with Crippen LogP contribution in [0.3, 0.4) is 0 Å². The molecule has 0 saturated carbocycles. The van der Waals surface area contributed by atoms with E-state index >= 15 is 0 Å². The zero-order valence-electron chi connectivity index (χ0n) is 19.0. The molecule has 3 heterocycles.